The van der Waals surface area contributed by atoms with Gasteiger partial charge in [0.2, 0.25) is 5.91 Å². The van der Waals surface area contributed by atoms with Gasteiger partial charge in [-0.2, -0.15) is 0 Å². The molecule has 0 radical (unpaired) electrons. The van der Waals surface area contributed by atoms with E-state index in [0.717, 1.165) is 12.0 Å². The van der Waals surface area contributed by atoms with Gasteiger partial charge in [0.25, 0.3) is 0 Å². The molecule has 1 atom stereocenters. The van der Waals surface area contributed by atoms with Crippen LogP contribution < -0.4 is 0 Å². The first kappa shape index (κ1) is 17.5. The van der Waals surface area contributed by atoms with Gasteiger partial charge in [-0.25, -0.2) is 0 Å². The van der Waals surface area contributed by atoms with Crippen LogP contribution in [0.1, 0.15) is 38.2 Å². The molecule has 1 aliphatic heterocycles. The van der Waals surface area contributed by atoms with E-state index in [9.17, 15) is 14.7 Å². The normalized spacial score (nSPS) is 21.2. The molecule has 23 heavy (non-hydrogen) atoms. The van der Waals surface area contributed by atoms with E-state index in [1.165, 1.54) is 0 Å². The zero-order chi connectivity index (χ0) is 16.7. The van der Waals surface area contributed by atoms with Crippen LogP contribution in [0, 0.1) is 5.41 Å². The Morgan fingerprint density at radius 2 is 2.04 bits per heavy atom. The maximum Gasteiger partial charge on any atom is 0.311 e. The van der Waals surface area contributed by atoms with Gasteiger partial charge in [0, 0.05) is 26.1 Å². The van der Waals surface area contributed by atoms with Gasteiger partial charge in [-0.15, -0.1) is 0 Å². The molecule has 1 fully saturated rings. The van der Waals surface area contributed by atoms with Crippen molar-refractivity contribution in [2.45, 2.75) is 39.2 Å². The molecule has 5 nitrogen and oxygen atoms in total. The number of piperidine rings is 1. The maximum atomic E-state index is 12.2. The Kier molecular flexibility index (Phi) is 6.16. The summed E-state index contributed by atoms with van der Waals surface area (Å²) in [5.74, 6) is -0.790. The molecule has 1 N–H and O–H groups in total. The van der Waals surface area contributed by atoms with Crippen molar-refractivity contribution in [3.63, 3.8) is 0 Å². The topological polar surface area (TPSA) is 66.8 Å². The fraction of sp³-hybridized carbons (Fsp3) is 0.556. The molecule has 0 unspecified atom stereocenters. The summed E-state index contributed by atoms with van der Waals surface area (Å²) in [5.41, 5.74) is 0.310. The van der Waals surface area contributed by atoms with Crippen LogP contribution in [-0.2, 0) is 20.9 Å². The second kappa shape index (κ2) is 8.11. The zero-order valence-electron chi connectivity index (χ0n) is 13.7. The third-order valence-corrected chi connectivity index (χ3v) is 4.36. The summed E-state index contributed by atoms with van der Waals surface area (Å²) in [6, 6.07) is 9.92. The number of benzene rings is 1. The van der Waals surface area contributed by atoms with Crippen LogP contribution in [0.4, 0.5) is 0 Å². The van der Waals surface area contributed by atoms with Crippen molar-refractivity contribution in [3.8, 4) is 0 Å². The molecule has 1 heterocycles. The molecule has 2 rings (SSSR count). The van der Waals surface area contributed by atoms with E-state index in [1.54, 1.807) is 11.8 Å². The first-order valence-electron chi connectivity index (χ1n) is 8.14. The van der Waals surface area contributed by atoms with Crippen molar-refractivity contribution in [2.75, 3.05) is 19.7 Å². The molecule has 1 amide bonds. The standard InChI is InChI=1S/C18H25NO4/c1-18(17(21)22)10-6-11-19(14-18)16(20)9-5-12-23-13-15-7-3-2-4-8-15/h2-4,7-8H,5-6,9-14H2,1H3,(H,21,22)/t18-/m1/s1. The van der Waals surface area contributed by atoms with E-state index >= 15 is 0 Å². The summed E-state index contributed by atoms with van der Waals surface area (Å²) in [4.78, 5) is 25.2. The number of amides is 1. The van der Waals surface area contributed by atoms with Crippen LogP contribution in [-0.4, -0.2) is 41.6 Å². The number of rotatable bonds is 7. The Morgan fingerprint density at radius 3 is 2.74 bits per heavy atom. The summed E-state index contributed by atoms with van der Waals surface area (Å²) in [6.07, 6.45) is 2.45. The second-order valence-corrected chi connectivity index (χ2v) is 6.43. The monoisotopic (exact) mass is 319 g/mol. The average molecular weight is 319 g/mol. The van der Waals surface area contributed by atoms with E-state index < -0.39 is 11.4 Å². The Hall–Kier alpha value is -1.88. The van der Waals surface area contributed by atoms with Gasteiger partial charge < -0.3 is 14.7 Å². The Labute approximate surface area is 137 Å². The van der Waals surface area contributed by atoms with Crippen molar-refractivity contribution in [1.82, 2.24) is 4.90 Å². The molecule has 1 aliphatic rings. The lowest BCUT2D eigenvalue weighted by Gasteiger charge is -2.37. The highest BCUT2D eigenvalue weighted by Gasteiger charge is 2.39. The van der Waals surface area contributed by atoms with E-state index in [-0.39, 0.29) is 5.91 Å². The Morgan fingerprint density at radius 1 is 1.30 bits per heavy atom. The zero-order valence-corrected chi connectivity index (χ0v) is 13.7. The molecule has 0 saturated carbocycles. The summed E-state index contributed by atoms with van der Waals surface area (Å²) in [5, 5.41) is 9.29. The van der Waals surface area contributed by atoms with E-state index in [0.29, 0.717) is 45.6 Å². The van der Waals surface area contributed by atoms with Crippen molar-refractivity contribution in [1.29, 1.82) is 0 Å². The lowest BCUT2D eigenvalue weighted by molar-refractivity contribution is -0.153. The molecular formula is C18H25NO4. The van der Waals surface area contributed by atoms with Gasteiger partial charge >= 0.3 is 5.97 Å². The third kappa shape index (κ3) is 5.06. The minimum Gasteiger partial charge on any atom is -0.481 e. The van der Waals surface area contributed by atoms with Crippen molar-refractivity contribution in [2.24, 2.45) is 5.41 Å². The molecule has 1 saturated heterocycles. The summed E-state index contributed by atoms with van der Waals surface area (Å²) >= 11 is 0. The number of nitrogens with zero attached hydrogens (tertiary/aromatic N) is 1. The predicted octanol–water partition coefficient (Wildman–Crippen LogP) is 2.70. The predicted molar refractivity (Wildman–Crippen MR) is 86.9 cm³/mol. The van der Waals surface area contributed by atoms with Gasteiger partial charge in [0.1, 0.15) is 0 Å². The minimum atomic E-state index is -0.818. The Bertz CT molecular complexity index is 531. The van der Waals surface area contributed by atoms with Crippen molar-refractivity contribution < 1.29 is 19.4 Å². The van der Waals surface area contributed by atoms with Crippen LogP contribution in [0.25, 0.3) is 0 Å². The molecule has 1 aromatic carbocycles. The second-order valence-electron chi connectivity index (χ2n) is 6.43. The van der Waals surface area contributed by atoms with Gasteiger partial charge in [-0.1, -0.05) is 30.3 Å². The van der Waals surface area contributed by atoms with Gasteiger partial charge in [-0.05, 0) is 31.7 Å². The molecule has 1 aromatic rings. The van der Waals surface area contributed by atoms with E-state index in [1.807, 2.05) is 30.3 Å². The molecule has 0 aromatic heterocycles. The smallest absolute Gasteiger partial charge is 0.311 e. The van der Waals surface area contributed by atoms with Gasteiger partial charge in [-0.3, -0.25) is 9.59 Å². The molecule has 0 spiro atoms. The molecule has 126 valence electrons. The third-order valence-electron chi connectivity index (χ3n) is 4.36. The average Bonchev–Trinajstić information content (AvgIpc) is 2.55. The maximum absolute atomic E-state index is 12.2. The van der Waals surface area contributed by atoms with Crippen LogP contribution in [0.2, 0.25) is 0 Å². The number of aliphatic carboxylic acids is 1. The van der Waals surface area contributed by atoms with Gasteiger partial charge in [0.05, 0.1) is 12.0 Å². The largest absolute Gasteiger partial charge is 0.481 e. The van der Waals surface area contributed by atoms with Crippen LogP contribution >= 0.6 is 0 Å². The molecule has 0 bridgehead atoms. The van der Waals surface area contributed by atoms with Crippen LogP contribution in [0.15, 0.2) is 30.3 Å². The van der Waals surface area contributed by atoms with E-state index in [4.69, 9.17) is 4.74 Å². The SMILES string of the molecule is C[C@@]1(C(=O)O)CCCN(C(=O)CCCOCc2ccccc2)C1. The highest BCUT2D eigenvalue weighted by molar-refractivity contribution is 5.79. The quantitative estimate of drug-likeness (QED) is 0.785. The van der Waals surface area contributed by atoms with E-state index in [2.05, 4.69) is 0 Å². The highest BCUT2D eigenvalue weighted by Crippen LogP contribution is 2.30. The van der Waals surface area contributed by atoms with Crippen molar-refractivity contribution >= 4 is 11.9 Å². The highest BCUT2D eigenvalue weighted by atomic mass is 16.5. The van der Waals surface area contributed by atoms with Crippen LogP contribution in [0.3, 0.4) is 0 Å². The minimum absolute atomic E-state index is 0.0282. The number of carboxylic acids is 1. The number of ether oxygens (including phenoxy) is 1. The summed E-state index contributed by atoms with van der Waals surface area (Å²) in [7, 11) is 0. The molecule has 0 aliphatic carbocycles. The Balaban J connectivity index is 1.67. The lowest BCUT2D eigenvalue weighted by atomic mass is 9.82. The first-order valence-corrected chi connectivity index (χ1v) is 8.14. The fourth-order valence-corrected chi connectivity index (χ4v) is 2.87. The number of carbonyl (C=O) groups is 2. The number of carboxylic acid groups (broad SMARTS) is 1. The number of carbonyl (C=O) groups excluding carboxylic acids is 1. The van der Waals surface area contributed by atoms with Crippen LogP contribution in [0.5, 0.6) is 0 Å². The lowest BCUT2D eigenvalue weighted by Crippen LogP contribution is -2.48. The number of likely N-dealkylation sites (tertiary alicyclic amines) is 1. The number of hydrogen-bond acceptors (Lipinski definition) is 3. The van der Waals surface area contributed by atoms with Crippen molar-refractivity contribution in [3.05, 3.63) is 35.9 Å². The summed E-state index contributed by atoms with van der Waals surface area (Å²) in [6.45, 7) is 3.77. The number of hydrogen-bond donors (Lipinski definition) is 1. The first-order chi connectivity index (χ1) is 11.0. The summed E-state index contributed by atoms with van der Waals surface area (Å²) < 4.78 is 5.57. The molecule has 5 heteroatoms. The molecular weight excluding hydrogens is 294 g/mol. The van der Waals surface area contributed by atoms with Gasteiger partial charge in [0.15, 0.2) is 0 Å². The fourth-order valence-electron chi connectivity index (χ4n) is 2.87.